The van der Waals surface area contributed by atoms with Crippen LogP contribution in [0.3, 0.4) is 0 Å². The van der Waals surface area contributed by atoms with Crippen LogP contribution in [0.4, 0.5) is 0 Å². The fraction of sp³-hybridized carbons (Fsp3) is 0.944. The van der Waals surface area contributed by atoms with Crippen LogP contribution < -0.4 is 0 Å². The normalized spacial score (nSPS) is 14.9. The van der Waals surface area contributed by atoms with Crippen LogP contribution in [0.25, 0.3) is 0 Å². The first-order chi connectivity index (χ1) is 10.3. The molecule has 0 amide bonds. The molecule has 0 rings (SSSR count). The number of rotatable bonds is 12. The number of carbonyl (C=O) groups excluding carboxylic acids is 1. The van der Waals surface area contributed by atoms with Crippen LogP contribution in [-0.4, -0.2) is 12.6 Å². The van der Waals surface area contributed by atoms with Crippen LogP contribution in [0.15, 0.2) is 0 Å². The van der Waals surface area contributed by atoms with Gasteiger partial charge in [0.2, 0.25) is 0 Å². The standard InChI is InChI=1S/C18H36O4/c1-8-10-11-16(9-2)17(19)21-22-20-13-12-15(5)18(6,7)14(3)4/h14-16H,8-13H2,1-7H3. The van der Waals surface area contributed by atoms with Crippen LogP contribution in [0.2, 0.25) is 0 Å². The van der Waals surface area contributed by atoms with E-state index in [9.17, 15) is 4.79 Å². The maximum Gasteiger partial charge on any atom is 0.348 e. The van der Waals surface area contributed by atoms with Gasteiger partial charge in [-0.05, 0) is 41.6 Å². The summed E-state index contributed by atoms with van der Waals surface area (Å²) in [5.74, 6) is 0.679. The molecule has 0 spiro atoms. The van der Waals surface area contributed by atoms with Crippen molar-refractivity contribution in [3.8, 4) is 0 Å². The van der Waals surface area contributed by atoms with Crippen molar-refractivity contribution < 1.29 is 19.6 Å². The van der Waals surface area contributed by atoms with Gasteiger partial charge in [0, 0.05) is 0 Å². The highest BCUT2D eigenvalue weighted by molar-refractivity contribution is 5.71. The summed E-state index contributed by atoms with van der Waals surface area (Å²) in [5, 5.41) is 4.63. The van der Waals surface area contributed by atoms with Gasteiger partial charge in [-0.25, -0.2) is 4.79 Å². The molecule has 0 fully saturated rings. The molecule has 0 aromatic carbocycles. The summed E-state index contributed by atoms with van der Waals surface area (Å²) in [4.78, 5) is 21.6. The molecule has 0 bridgehead atoms. The SMILES string of the molecule is CCCCC(CC)C(=O)OOOCCC(C)C(C)(C)C(C)C. The lowest BCUT2D eigenvalue weighted by Gasteiger charge is -2.35. The highest BCUT2D eigenvalue weighted by Gasteiger charge is 2.29. The number of hydrogen-bond acceptors (Lipinski definition) is 4. The molecule has 4 nitrogen and oxygen atoms in total. The zero-order valence-corrected chi connectivity index (χ0v) is 15.6. The molecule has 0 aliphatic rings. The van der Waals surface area contributed by atoms with Gasteiger partial charge in [-0.1, -0.05) is 61.3 Å². The van der Waals surface area contributed by atoms with E-state index >= 15 is 0 Å². The van der Waals surface area contributed by atoms with Crippen molar-refractivity contribution in [3.05, 3.63) is 0 Å². The summed E-state index contributed by atoms with van der Waals surface area (Å²) >= 11 is 0. The number of carbonyl (C=O) groups is 1. The highest BCUT2D eigenvalue weighted by atomic mass is 17.5. The average molecular weight is 316 g/mol. The quantitative estimate of drug-likeness (QED) is 0.278. The molecule has 0 saturated heterocycles. The molecular weight excluding hydrogens is 280 g/mol. The Hall–Kier alpha value is -0.610. The molecular formula is C18H36O4. The Morgan fingerprint density at radius 1 is 1.09 bits per heavy atom. The van der Waals surface area contributed by atoms with E-state index in [0.29, 0.717) is 18.4 Å². The summed E-state index contributed by atoms with van der Waals surface area (Å²) in [7, 11) is 0. The Balaban J connectivity index is 3.91. The third-order valence-electron chi connectivity index (χ3n) is 5.29. The van der Waals surface area contributed by atoms with E-state index < -0.39 is 0 Å². The van der Waals surface area contributed by atoms with Gasteiger partial charge in [0.25, 0.3) is 0 Å². The van der Waals surface area contributed by atoms with E-state index in [-0.39, 0.29) is 17.3 Å². The predicted octanol–water partition coefficient (Wildman–Crippen LogP) is 5.32. The summed E-state index contributed by atoms with van der Waals surface area (Å²) < 4.78 is 0. The summed E-state index contributed by atoms with van der Waals surface area (Å²) in [6.45, 7) is 15.7. The Morgan fingerprint density at radius 3 is 2.23 bits per heavy atom. The maximum absolute atomic E-state index is 11.8. The second-order valence-corrected chi connectivity index (χ2v) is 7.21. The van der Waals surface area contributed by atoms with Gasteiger partial charge in [0.15, 0.2) is 0 Å². The Morgan fingerprint density at radius 2 is 1.73 bits per heavy atom. The third-order valence-corrected chi connectivity index (χ3v) is 5.29. The zero-order chi connectivity index (χ0) is 17.2. The van der Waals surface area contributed by atoms with Crippen molar-refractivity contribution in [1.29, 1.82) is 0 Å². The molecule has 0 aliphatic carbocycles. The van der Waals surface area contributed by atoms with E-state index in [2.05, 4.69) is 46.6 Å². The first-order valence-corrected chi connectivity index (χ1v) is 8.77. The lowest BCUT2D eigenvalue weighted by molar-refractivity contribution is -0.488. The molecule has 0 aromatic rings. The minimum absolute atomic E-state index is 0.0950. The van der Waals surface area contributed by atoms with Crippen molar-refractivity contribution in [2.45, 2.75) is 80.6 Å². The highest BCUT2D eigenvalue weighted by Crippen LogP contribution is 2.36. The van der Waals surface area contributed by atoms with Crippen molar-refractivity contribution in [3.63, 3.8) is 0 Å². The van der Waals surface area contributed by atoms with Gasteiger partial charge < -0.3 is 0 Å². The largest absolute Gasteiger partial charge is 0.348 e. The van der Waals surface area contributed by atoms with Gasteiger partial charge in [0.05, 0.1) is 12.5 Å². The van der Waals surface area contributed by atoms with Gasteiger partial charge >= 0.3 is 5.97 Å². The lowest BCUT2D eigenvalue weighted by Crippen LogP contribution is -2.28. The van der Waals surface area contributed by atoms with E-state index in [1.807, 2.05) is 6.92 Å². The van der Waals surface area contributed by atoms with Crippen molar-refractivity contribution >= 4 is 5.97 Å². The third kappa shape index (κ3) is 7.59. The van der Waals surface area contributed by atoms with Gasteiger partial charge in [-0.15, -0.1) is 0 Å². The Kier molecular flexibility index (Phi) is 10.7. The van der Waals surface area contributed by atoms with Crippen LogP contribution >= 0.6 is 0 Å². The fourth-order valence-electron chi connectivity index (χ4n) is 2.26. The van der Waals surface area contributed by atoms with Crippen LogP contribution in [0.5, 0.6) is 0 Å². The van der Waals surface area contributed by atoms with E-state index in [0.717, 1.165) is 32.1 Å². The van der Waals surface area contributed by atoms with Crippen molar-refractivity contribution in [1.82, 2.24) is 0 Å². The topological polar surface area (TPSA) is 44.8 Å². The fourth-order valence-corrected chi connectivity index (χ4v) is 2.26. The smallest absolute Gasteiger partial charge is 0.269 e. The monoisotopic (exact) mass is 316 g/mol. The van der Waals surface area contributed by atoms with Crippen LogP contribution in [0.1, 0.15) is 80.6 Å². The number of unbranched alkanes of at least 4 members (excludes halogenated alkanes) is 1. The second kappa shape index (κ2) is 11.0. The minimum atomic E-state index is -0.327. The summed E-state index contributed by atoms with van der Waals surface area (Å²) in [6.07, 6.45) is 4.58. The molecule has 4 heteroatoms. The van der Waals surface area contributed by atoms with Crippen molar-refractivity contribution in [2.24, 2.45) is 23.2 Å². The maximum atomic E-state index is 11.8. The molecule has 22 heavy (non-hydrogen) atoms. The summed E-state index contributed by atoms with van der Waals surface area (Å²) in [5.41, 5.74) is 0.244. The minimum Gasteiger partial charge on any atom is -0.269 e. The molecule has 0 heterocycles. The van der Waals surface area contributed by atoms with Gasteiger partial charge in [-0.2, -0.15) is 4.89 Å². The molecule has 0 aromatic heterocycles. The second-order valence-electron chi connectivity index (χ2n) is 7.21. The first kappa shape index (κ1) is 21.4. The van der Waals surface area contributed by atoms with E-state index in [1.54, 1.807) is 0 Å². The molecule has 0 aliphatic heterocycles. The van der Waals surface area contributed by atoms with Gasteiger partial charge in [-0.3, -0.25) is 4.89 Å². The van der Waals surface area contributed by atoms with Crippen LogP contribution in [-0.2, 0) is 19.6 Å². The number of hydrogen-bond donors (Lipinski definition) is 0. The molecule has 0 radical (unpaired) electrons. The molecule has 0 saturated carbocycles. The van der Waals surface area contributed by atoms with Crippen molar-refractivity contribution in [2.75, 3.05) is 6.61 Å². The predicted molar refractivity (Wildman–Crippen MR) is 88.8 cm³/mol. The molecule has 0 N–H and O–H groups in total. The lowest BCUT2D eigenvalue weighted by atomic mass is 9.70. The molecule has 132 valence electrons. The van der Waals surface area contributed by atoms with Gasteiger partial charge in [0.1, 0.15) is 0 Å². The van der Waals surface area contributed by atoms with Crippen LogP contribution in [0, 0.1) is 23.2 Å². The zero-order valence-electron chi connectivity index (χ0n) is 15.6. The average Bonchev–Trinajstić information content (AvgIpc) is 2.47. The van der Waals surface area contributed by atoms with E-state index in [1.165, 1.54) is 0 Å². The van der Waals surface area contributed by atoms with E-state index in [4.69, 9.17) is 9.78 Å². The molecule has 2 unspecified atom stereocenters. The Bertz CT molecular complexity index is 299. The first-order valence-electron chi connectivity index (χ1n) is 8.77. The Labute approximate surface area is 136 Å². The molecule has 2 atom stereocenters. The summed E-state index contributed by atoms with van der Waals surface area (Å²) in [6, 6.07) is 0.